The van der Waals surface area contributed by atoms with Crippen molar-refractivity contribution in [2.24, 2.45) is 11.8 Å². The first kappa shape index (κ1) is 16.7. The summed E-state index contributed by atoms with van der Waals surface area (Å²) in [5.41, 5.74) is 0.365. The molecule has 0 spiro atoms. The topological polar surface area (TPSA) is 57.6 Å². The summed E-state index contributed by atoms with van der Waals surface area (Å²) in [6.07, 6.45) is 0.999. The molecule has 1 aromatic rings. The third-order valence-electron chi connectivity index (χ3n) is 4.32. The zero-order valence-electron chi connectivity index (χ0n) is 11.7. The number of rotatable bonds is 3. The number of halogens is 3. The van der Waals surface area contributed by atoms with Crippen LogP contribution < -0.4 is 0 Å². The number of hydrogen-bond acceptors (Lipinski definition) is 2. The van der Waals surface area contributed by atoms with Crippen molar-refractivity contribution in [1.29, 1.82) is 0 Å². The van der Waals surface area contributed by atoms with E-state index in [4.69, 9.17) is 5.11 Å². The molecule has 120 valence electrons. The number of nitrogens with zero attached hydrogens (tertiary/aromatic N) is 1. The van der Waals surface area contributed by atoms with Crippen molar-refractivity contribution in [2.75, 3.05) is 13.1 Å². The summed E-state index contributed by atoms with van der Waals surface area (Å²) in [5.74, 6) is -3.30. The fourth-order valence-corrected chi connectivity index (χ4v) is 3.01. The van der Waals surface area contributed by atoms with Crippen molar-refractivity contribution < 1.29 is 23.5 Å². The number of carboxylic acid groups (broad SMARTS) is 1. The molecule has 1 aliphatic carbocycles. The summed E-state index contributed by atoms with van der Waals surface area (Å²) in [6, 6.07) is 3.40. The third-order valence-corrected chi connectivity index (χ3v) is 4.32. The Morgan fingerprint density at radius 3 is 2.59 bits per heavy atom. The van der Waals surface area contributed by atoms with Crippen LogP contribution >= 0.6 is 12.4 Å². The van der Waals surface area contributed by atoms with Gasteiger partial charge < -0.3 is 10.0 Å². The normalized spacial score (nSPS) is 26.5. The molecule has 4 nitrogen and oxygen atoms in total. The molecule has 1 aliphatic heterocycles. The monoisotopic (exact) mass is 331 g/mol. The molecule has 3 unspecified atom stereocenters. The predicted octanol–water partition coefficient (Wildman–Crippen LogP) is 2.42. The molecule has 1 aromatic carbocycles. The van der Waals surface area contributed by atoms with Gasteiger partial charge in [-0.25, -0.2) is 8.78 Å². The van der Waals surface area contributed by atoms with Crippen LogP contribution in [-0.2, 0) is 9.59 Å². The van der Waals surface area contributed by atoms with E-state index in [9.17, 15) is 18.4 Å². The molecule has 1 amide bonds. The highest BCUT2D eigenvalue weighted by atomic mass is 35.5. The van der Waals surface area contributed by atoms with Gasteiger partial charge in [0.15, 0.2) is 0 Å². The number of benzene rings is 1. The molecule has 1 heterocycles. The average Bonchev–Trinajstić information content (AvgIpc) is 3.04. The zero-order valence-corrected chi connectivity index (χ0v) is 12.5. The van der Waals surface area contributed by atoms with E-state index in [-0.39, 0.29) is 36.7 Å². The fourth-order valence-electron chi connectivity index (χ4n) is 3.01. The van der Waals surface area contributed by atoms with E-state index in [0.717, 1.165) is 6.07 Å². The lowest BCUT2D eigenvalue weighted by Gasteiger charge is -2.15. The summed E-state index contributed by atoms with van der Waals surface area (Å²) in [7, 11) is 0. The van der Waals surface area contributed by atoms with E-state index in [1.807, 2.05) is 0 Å². The van der Waals surface area contributed by atoms with Gasteiger partial charge in [0, 0.05) is 25.1 Å². The lowest BCUT2D eigenvalue weighted by atomic mass is 10.1. The molecule has 0 aromatic heterocycles. The minimum atomic E-state index is -0.887. The Kier molecular flexibility index (Phi) is 4.70. The maximum atomic E-state index is 13.7. The summed E-state index contributed by atoms with van der Waals surface area (Å²) >= 11 is 0. The molecule has 0 radical (unpaired) electrons. The number of amides is 1. The molecule has 1 saturated heterocycles. The lowest BCUT2D eigenvalue weighted by molar-refractivity contribution is -0.141. The standard InChI is InChI=1S/C15H15F2NO3.ClH/c16-9-1-2-10(13(17)5-9)11-6-12(11)14(19)18-4-3-8(7-18)15(20)21;/h1-2,5,8,11-12H,3-4,6-7H2,(H,20,21);1H. The van der Waals surface area contributed by atoms with Crippen LogP contribution in [0.2, 0.25) is 0 Å². The van der Waals surface area contributed by atoms with Crippen LogP contribution in [0.25, 0.3) is 0 Å². The second-order valence-corrected chi connectivity index (χ2v) is 5.72. The van der Waals surface area contributed by atoms with Crippen molar-refractivity contribution in [3.8, 4) is 0 Å². The second-order valence-electron chi connectivity index (χ2n) is 5.72. The highest BCUT2D eigenvalue weighted by molar-refractivity contribution is 5.85. The first-order valence-corrected chi connectivity index (χ1v) is 6.94. The summed E-state index contributed by atoms with van der Waals surface area (Å²) in [6.45, 7) is 0.661. The Morgan fingerprint density at radius 1 is 1.27 bits per heavy atom. The van der Waals surface area contributed by atoms with Crippen LogP contribution in [0.15, 0.2) is 18.2 Å². The summed E-state index contributed by atoms with van der Waals surface area (Å²) < 4.78 is 26.6. The number of likely N-dealkylation sites (tertiary alicyclic amines) is 1. The Bertz CT molecular complexity index is 610. The van der Waals surface area contributed by atoms with E-state index >= 15 is 0 Å². The molecule has 2 fully saturated rings. The van der Waals surface area contributed by atoms with Gasteiger partial charge in [0.2, 0.25) is 5.91 Å². The van der Waals surface area contributed by atoms with Crippen molar-refractivity contribution >= 4 is 24.3 Å². The number of carbonyl (C=O) groups is 2. The van der Waals surface area contributed by atoms with Gasteiger partial charge in [-0.2, -0.15) is 0 Å². The van der Waals surface area contributed by atoms with E-state index in [1.54, 1.807) is 4.90 Å². The largest absolute Gasteiger partial charge is 0.481 e. The van der Waals surface area contributed by atoms with Gasteiger partial charge in [0.25, 0.3) is 0 Å². The maximum absolute atomic E-state index is 13.7. The zero-order chi connectivity index (χ0) is 15.1. The van der Waals surface area contributed by atoms with Crippen molar-refractivity contribution in [2.45, 2.75) is 18.8 Å². The van der Waals surface area contributed by atoms with E-state index < -0.39 is 23.5 Å². The lowest BCUT2D eigenvalue weighted by Crippen LogP contribution is -2.31. The van der Waals surface area contributed by atoms with Crippen LogP contribution in [0.4, 0.5) is 8.78 Å². The van der Waals surface area contributed by atoms with Gasteiger partial charge in [-0.15, -0.1) is 12.4 Å². The predicted molar refractivity (Wildman–Crippen MR) is 76.8 cm³/mol. The molecule has 1 saturated carbocycles. The Morgan fingerprint density at radius 2 is 2.00 bits per heavy atom. The molecular formula is C15H16ClF2NO3. The molecule has 0 bridgehead atoms. The third kappa shape index (κ3) is 3.06. The van der Waals surface area contributed by atoms with Crippen LogP contribution in [-0.4, -0.2) is 35.0 Å². The first-order chi connectivity index (χ1) is 9.97. The van der Waals surface area contributed by atoms with E-state index in [2.05, 4.69) is 0 Å². The van der Waals surface area contributed by atoms with Crippen LogP contribution in [0.5, 0.6) is 0 Å². The smallest absolute Gasteiger partial charge is 0.308 e. The number of carboxylic acids is 1. The van der Waals surface area contributed by atoms with Crippen molar-refractivity contribution in [1.82, 2.24) is 4.90 Å². The van der Waals surface area contributed by atoms with Gasteiger partial charge in [-0.1, -0.05) is 6.07 Å². The second kappa shape index (κ2) is 6.20. The number of carbonyl (C=O) groups excluding carboxylic acids is 1. The molecule has 22 heavy (non-hydrogen) atoms. The first-order valence-electron chi connectivity index (χ1n) is 6.94. The van der Waals surface area contributed by atoms with E-state index in [0.29, 0.717) is 24.9 Å². The van der Waals surface area contributed by atoms with Crippen LogP contribution in [0, 0.1) is 23.5 Å². The average molecular weight is 332 g/mol. The molecule has 3 rings (SSSR count). The highest BCUT2D eigenvalue weighted by Gasteiger charge is 2.48. The van der Waals surface area contributed by atoms with Gasteiger partial charge in [-0.05, 0) is 30.4 Å². The number of hydrogen-bond donors (Lipinski definition) is 1. The number of aliphatic carboxylic acids is 1. The summed E-state index contributed by atoms with van der Waals surface area (Å²) in [5, 5.41) is 8.94. The maximum Gasteiger partial charge on any atom is 0.308 e. The van der Waals surface area contributed by atoms with Gasteiger partial charge >= 0.3 is 5.97 Å². The Labute approximate surface area is 132 Å². The van der Waals surface area contributed by atoms with Crippen molar-refractivity contribution in [3.63, 3.8) is 0 Å². The van der Waals surface area contributed by atoms with Gasteiger partial charge in [-0.3, -0.25) is 9.59 Å². The highest BCUT2D eigenvalue weighted by Crippen LogP contribution is 2.49. The van der Waals surface area contributed by atoms with Crippen molar-refractivity contribution in [3.05, 3.63) is 35.4 Å². The van der Waals surface area contributed by atoms with Crippen LogP contribution in [0.3, 0.4) is 0 Å². The van der Waals surface area contributed by atoms with Gasteiger partial charge in [0.05, 0.1) is 5.92 Å². The molecule has 1 N–H and O–H groups in total. The molecule has 7 heteroatoms. The molecule has 2 aliphatic rings. The summed E-state index contributed by atoms with van der Waals surface area (Å²) in [4.78, 5) is 24.7. The van der Waals surface area contributed by atoms with Crippen LogP contribution in [0.1, 0.15) is 24.3 Å². The fraction of sp³-hybridized carbons (Fsp3) is 0.467. The minimum absolute atomic E-state index is 0. The molecular weight excluding hydrogens is 316 g/mol. The Hall–Kier alpha value is -1.69. The molecule has 3 atom stereocenters. The quantitative estimate of drug-likeness (QED) is 0.925. The minimum Gasteiger partial charge on any atom is -0.481 e. The SMILES string of the molecule is Cl.O=C(O)C1CCN(C(=O)C2CC2c2ccc(F)cc2F)C1. The van der Waals surface area contributed by atoms with Gasteiger partial charge in [0.1, 0.15) is 11.6 Å². The van der Waals surface area contributed by atoms with E-state index in [1.165, 1.54) is 12.1 Å². The Balaban J connectivity index is 0.00000176.